The number of esters is 1. The summed E-state index contributed by atoms with van der Waals surface area (Å²) in [6, 6.07) is 8.72. The lowest BCUT2D eigenvalue weighted by molar-refractivity contribution is -0.145. The van der Waals surface area contributed by atoms with Crippen molar-refractivity contribution >= 4 is 23.3 Å². The van der Waals surface area contributed by atoms with Gasteiger partial charge in [0.2, 0.25) is 0 Å². The first-order chi connectivity index (χ1) is 12.6. The van der Waals surface area contributed by atoms with Crippen LogP contribution in [0.25, 0.3) is 0 Å². The average molecular weight is 378 g/mol. The Labute approximate surface area is 154 Å². The molecule has 2 heterocycles. The molecule has 3 rings (SSSR count). The van der Waals surface area contributed by atoms with Gasteiger partial charge in [-0.3, -0.25) is 0 Å². The van der Waals surface area contributed by atoms with Gasteiger partial charge in [0.05, 0.1) is 20.2 Å². The molecule has 1 saturated heterocycles. The average Bonchev–Trinajstić information content (AvgIpc) is 3.31. The number of hydrogen-bond acceptors (Lipinski definition) is 5. The summed E-state index contributed by atoms with van der Waals surface area (Å²) in [6.45, 7) is 0.546. The molecule has 2 amide bonds. The third kappa shape index (κ3) is 4.13. The van der Waals surface area contributed by atoms with E-state index in [0.29, 0.717) is 6.54 Å². The van der Waals surface area contributed by atoms with E-state index in [-0.39, 0.29) is 24.7 Å². The summed E-state index contributed by atoms with van der Waals surface area (Å²) >= 11 is 1.53. The maximum atomic E-state index is 13.8. The fourth-order valence-corrected chi connectivity index (χ4v) is 3.51. The molecule has 8 heteroatoms. The smallest absolute Gasteiger partial charge is 0.328 e. The standard InChI is InChI=1S/C18H19FN2O4S/c1-24-17(22)15-9-12(25-16-7-3-2-6-14(16)19)11-21(15)18(23)20-10-13-5-4-8-26-13/h2-8,12,15H,9-11H2,1H3,(H,20,23)/t12-,15+/m1/s1. The second kappa shape index (κ2) is 8.18. The van der Waals surface area contributed by atoms with E-state index in [4.69, 9.17) is 9.47 Å². The van der Waals surface area contributed by atoms with Crippen molar-refractivity contribution < 1.29 is 23.5 Å². The molecular weight excluding hydrogens is 359 g/mol. The molecule has 0 radical (unpaired) electrons. The van der Waals surface area contributed by atoms with Crippen molar-refractivity contribution in [1.82, 2.24) is 10.2 Å². The molecule has 0 unspecified atom stereocenters. The van der Waals surface area contributed by atoms with Gasteiger partial charge < -0.3 is 19.7 Å². The van der Waals surface area contributed by atoms with Gasteiger partial charge in [-0.05, 0) is 23.6 Å². The predicted octanol–water partition coefficient (Wildman–Crippen LogP) is 2.79. The number of hydrogen-bond donors (Lipinski definition) is 1. The maximum absolute atomic E-state index is 13.8. The lowest BCUT2D eigenvalue weighted by Gasteiger charge is -2.22. The van der Waals surface area contributed by atoms with E-state index in [0.717, 1.165) is 4.88 Å². The number of thiophene rings is 1. The van der Waals surface area contributed by atoms with Crippen molar-refractivity contribution in [1.29, 1.82) is 0 Å². The number of carbonyl (C=O) groups is 2. The number of ether oxygens (including phenoxy) is 2. The first-order valence-electron chi connectivity index (χ1n) is 8.14. The molecule has 0 bridgehead atoms. The number of benzene rings is 1. The number of likely N-dealkylation sites (tertiary alicyclic amines) is 1. The zero-order valence-electron chi connectivity index (χ0n) is 14.2. The van der Waals surface area contributed by atoms with E-state index < -0.39 is 23.9 Å². The van der Waals surface area contributed by atoms with Crippen molar-refractivity contribution in [2.24, 2.45) is 0 Å². The van der Waals surface area contributed by atoms with E-state index >= 15 is 0 Å². The predicted molar refractivity (Wildman–Crippen MR) is 94.5 cm³/mol. The summed E-state index contributed by atoms with van der Waals surface area (Å²) in [6.07, 6.45) is -0.253. The summed E-state index contributed by atoms with van der Waals surface area (Å²) < 4.78 is 24.2. The molecule has 0 saturated carbocycles. The fourth-order valence-electron chi connectivity index (χ4n) is 2.86. The van der Waals surface area contributed by atoms with Crippen LogP contribution in [0.5, 0.6) is 5.75 Å². The van der Waals surface area contributed by atoms with Crippen LogP contribution >= 0.6 is 11.3 Å². The van der Waals surface area contributed by atoms with Gasteiger partial charge in [0.1, 0.15) is 12.1 Å². The Balaban J connectivity index is 1.67. The van der Waals surface area contributed by atoms with E-state index in [1.807, 2.05) is 17.5 Å². The molecule has 1 aromatic heterocycles. The largest absolute Gasteiger partial charge is 0.485 e. The molecule has 1 aliphatic rings. The molecular formula is C18H19FN2O4S. The summed E-state index contributed by atoms with van der Waals surface area (Å²) in [4.78, 5) is 27.0. The van der Waals surface area contributed by atoms with Crippen LogP contribution in [0.2, 0.25) is 0 Å². The third-order valence-corrected chi connectivity index (χ3v) is 5.00. The fraction of sp³-hybridized carbons (Fsp3) is 0.333. The van der Waals surface area contributed by atoms with Crippen molar-refractivity contribution in [2.75, 3.05) is 13.7 Å². The lowest BCUT2D eigenvalue weighted by atomic mass is 10.2. The topological polar surface area (TPSA) is 67.9 Å². The summed E-state index contributed by atoms with van der Waals surface area (Å²) in [5, 5.41) is 4.72. The molecule has 1 aliphatic heterocycles. The second-order valence-electron chi connectivity index (χ2n) is 5.84. The number of rotatable bonds is 5. The molecule has 2 atom stereocenters. The number of urea groups is 1. The Hall–Kier alpha value is -2.61. The number of carbonyl (C=O) groups excluding carboxylic acids is 2. The highest BCUT2D eigenvalue weighted by molar-refractivity contribution is 7.09. The summed E-state index contributed by atoms with van der Waals surface area (Å²) in [5.74, 6) is -0.902. The minimum atomic E-state index is -0.764. The Morgan fingerprint density at radius 2 is 2.12 bits per heavy atom. The van der Waals surface area contributed by atoms with Crippen LogP contribution in [0.1, 0.15) is 11.3 Å². The highest BCUT2D eigenvalue weighted by Gasteiger charge is 2.41. The lowest BCUT2D eigenvalue weighted by Crippen LogP contribution is -2.46. The molecule has 6 nitrogen and oxygen atoms in total. The van der Waals surface area contributed by atoms with E-state index in [1.165, 1.54) is 35.5 Å². The number of nitrogens with zero attached hydrogens (tertiary/aromatic N) is 1. The first-order valence-corrected chi connectivity index (χ1v) is 9.02. The van der Waals surface area contributed by atoms with Crippen LogP contribution in [0.15, 0.2) is 41.8 Å². The van der Waals surface area contributed by atoms with E-state index in [9.17, 15) is 14.0 Å². The van der Waals surface area contributed by atoms with Crippen molar-refractivity contribution in [3.05, 3.63) is 52.5 Å². The molecule has 1 N–H and O–H groups in total. The molecule has 1 fully saturated rings. The Morgan fingerprint density at radius 3 is 2.81 bits per heavy atom. The first kappa shape index (κ1) is 18.2. The van der Waals surface area contributed by atoms with Crippen LogP contribution < -0.4 is 10.1 Å². The summed E-state index contributed by atoms with van der Waals surface area (Å²) in [5.41, 5.74) is 0. The van der Waals surface area contributed by atoms with Gasteiger partial charge in [0.15, 0.2) is 11.6 Å². The van der Waals surface area contributed by atoms with Crippen LogP contribution in [-0.2, 0) is 16.1 Å². The van der Waals surface area contributed by atoms with Crippen molar-refractivity contribution in [3.8, 4) is 5.75 Å². The van der Waals surface area contributed by atoms with Crippen LogP contribution in [-0.4, -0.2) is 42.7 Å². The van der Waals surface area contributed by atoms with Gasteiger partial charge in [-0.1, -0.05) is 18.2 Å². The van der Waals surface area contributed by atoms with E-state index in [2.05, 4.69) is 5.32 Å². The van der Waals surface area contributed by atoms with Crippen LogP contribution in [0.3, 0.4) is 0 Å². The minimum Gasteiger partial charge on any atom is -0.485 e. The normalized spacial score (nSPS) is 19.2. The SMILES string of the molecule is COC(=O)[C@@H]1C[C@@H](Oc2ccccc2F)CN1C(=O)NCc1cccs1. The molecule has 138 valence electrons. The Bertz CT molecular complexity index is 768. The van der Waals surface area contributed by atoms with Crippen molar-refractivity contribution in [2.45, 2.75) is 25.1 Å². The van der Waals surface area contributed by atoms with Gasteiger partial charge in [-0.25, -0.2) is 14.0 Å². The monoisotopic (exact) mass is 378 g/mol. The number of methoxy groups -OCH3 is 1. The Kier molecular flexibility index (Phi) is 5.72. The molecule has 0 spiro atoms. The zero-order valence-corrected chi connectivity index (χ0v) is 15.0. The van der Waals surface area contributed by atoms with E-state index in [1.54, 1.807) is 12.1 Å². The zero-order chi connectivity index (χ0) is 18.5. The summed E-state index contributed by atoms with van der Waals surface area (Å²) in [7, 11) is 1.27. The molecule has 0 aliphatic carbocycles. The highest BCUT2D eigenvalue weighted by atomic mass is 32.1. The third-order valence-electron chi connectivity index (χ3n) is 4.12. The quantitative estimate of drug-likeness (QED) is 0.813. The van der Waals surface area contributed by atoms with Gasteiger partial charge in [0.25, 0.3) is 0 Å². The number of nitrogens with one attached hydrogen (secondary N) is 1. The van der Waals surface area contributed by atoms with Gasteiger partial charge >= 0.3 is 12.0 Å². The van der Waals surface area contributed by atoms with Gasteiger partial charge in [-0.2, -0.15) is 0 Å². The van der Waals surface area contributed by atoms with Crippen LogP contribution in [0, 0.1) is 5.82 Å². The highest BCUT2D eigenvalue weighted by Crippen LogP contribution is 2.25. The second-order valence-corrected chi connectivity index (χ2v) is 6.87. The molecule has 26 heavy (non-hydrogen) atoms. The Morgan fingerprint density at radius 1 is 1.31 bits per heavy atom. The number of halogens is 1. The van der Waals surface area contributed by atoms with Crippen LogP contribution in [0.4, 0.5) is 9.18 Å². The molecule has 2 aromatic rings. The van der Waals surface area contributed by atoms with Gasteiger partial charge in [0, 0.05) is 11.3 Å². The molecule has 1 aromatic carbocycles. The maximum Gasteiger partial charge on any atom is 0.328 e. The van der Waals surface area contributed by atoms with Gasteiger partial charge in [-0.15, -0.1) is 11.3 Å². The number of para-hydroxylation sites is 1. The van der Waals surface area contributed by atoms with Crippen molar-refractivity contribution in [3.63, 3.8) is 0 Å². The minimum absolute atomic E-state index is 0.0990. The number of amides is 2.